The molecule has 10 nitrogen and oxygen atoms in total. The van der Waals surface area contributed by atoms with Crippen molar-refractivity contribution in [3.63, 3.8) is 0 Å². The number of hydrogen-bond donors (Lipinski definition) is 0. The highest BCUT2D eigenvalue weighted by molar-refractivity contribution is 5.33. The molecule has 6 unspecified atom stereocenters. The molecular weight excluding hydrogens is 420 g/mol. The molecule has 0 radical (unpaired) electrons. The van der Waals surface area contributed by atoms with E-state index in [1.54, 1.807) is 12.2 Å². The second-order valence-corrected chi connectivity index (χ2v) is 7.93. The van der Waals surface area contributed by atoms with Crippen molar-refractivity contribution in [2.24, 2.45) is 9.98 Å². The number of ether oxygens (including phenoxy) is 6. The van der Waals surface area contributed by atoms with Gasteiger partial charge in [0.05, 0.1) is 39.5 Å². The Morgan fingerprint density at radius 3 is 1.69 bits per heavy atom. The predicted molar refractivity (Wildman–Crippen MR) is 109 cm³/mol. The highest BCUT2D eigenvalue weighted by Gasteiger charge is 2.50. The smallest absolute Gasteiger partial charge is 0.234 e. The Kier molecular flexibility index (Phi) is 8.23. The second kappa shape index (κ2) is 11.5. The molecule has 10 heteroatoms. The highest BCUT2D eigenvalue weighted by atomic mass is 16.7. The zero-order valence-corrected chi connectivity index (χ0v) is 17.9. The summed E-state index contributed by atoms with van der Waals surface area (Å²) < 4.78 is 36.0. The lowest BCUT2D eigenvalue weighted by molar-refractivity contribution is -0.0885. The number of rotatable bonds is 12. The van der Waals surface area contributed by atoms with E-state index in [-0.39, 0.29) is 36.6 Å². The summed E-state index contributed by atoms with van der Waals surface area (Å²) in [6, 6.07) is 0. The highest BCUT2D eigenvalue weighted by Crippen LogP contribution is 2.34. The van der Waals surface area contributed by atoms with E-state index >= 15 is 0 Å². The molecule has 0 spiro atoms. The average molecular weight is 448 g/mol. The molecule has 32 heavy (non-hydrogen) atoms. The van der Waals surface area contributed by atoms with Crippen molar-refractivity contribution >= 4 is 12.2 Å². The Morgan fingerprint density at radius 2 is 1.31 bits per heavy atom. The van der Waals surface area contributed by atoms with Gasteiger partial charge >= 0.3 is 0 Å². The SMILES string of the molecule is O=C=NCCC(OC1COC2C(OC(CCN=C=O)C3=CCCO3)COC12)C1=CCCO1. The van der Waals surface area contributed by atoms with Crippen molar-refractivity contribution in [3.8, 4) is 0 Å². The molecule has 174 valence electrons. The lowest BCUT2D eigenvalue weighted by atomic mass is 10.1. The summed E-state index contributed by atoms with van der Waals surface area (Å²) in [6.07, 6.45) is 8.06. The minimum atomic E-state index is -0.323. The maximum atomic E-state index is 10.4. The summed E-state index contributed by atoms with van der Waals surface area (Å²) in [5.41, 5.74) is 0. The first-order valence-corrected chi connectivity index (χ1v) is 11.1. The van der Waals surface area contributed by atoms with Gasteiger partial charge in [-0.05, 0) is 12.2 Å². The zero-order chi connectivity index (χ0) is 22.2. The van der Waals surface area contributed by atoms with Gasteiger partial charge in [0.1, 0.15) is 48.1 Å². The Bertz CT molecular complexity index is 736. The molecule has 0 aromatic rings. The summed E-state index contributed by atoms with van der Waals surface area (Å²) in [5, 5.41) is 0. The first-order chi connectivity index (χ1) is 15.8. The quantitative estimate of drug-likeness (QED) is 0.325. The van der Waals surface area contributed by atoms with E-state index in [9.17, 15) is 9.59 Å². The normalized spacial score (nSPS) is 30.2. The first kappa shape index (κ1) is 22.9. The molecule has 2 saturated heterocycles. The van der Waals surface area contributed by atoms with E-state index in [2.05, 4.69) is 9.98 Å². The standard InChI is InChI=1S/C22H28N2O8/c25-13-23-7-5-17(15-3-1-9-27-15)31-19-11-29-22-20(12-30-21(19)22)32-18(6-8-24-14-26)16-4-2-10-28-16/h3-4,17-22H,1-2,5-12H2. The van der Waals surface area contributed by atoms with Crippen molar-refractivity contribution in [2.75, 3.05) is 39.5 Å². The first-order valence-electron chi connectivity index (χ1n) is 11.1. The van der Waals surface area contributed by atoms with E-state index in [1.807, 2.05) is 12.2 Å². The van der Waals surface area contributed by atoms with Gasteiger partial charge in [-0.15, -0.1) is 0 Å². The molecule has 4 rings (SSSR count). The van der Waals surface area contributed by atoms with Crippen LogP contribution in [0.3, 0.4) is 0 Å². The largest absolute Gasteiger partial charge is 0.495 e. The zero-order valence-electron chi connectivity index (χ0n) is 17.9. The van der Waals surface area contributed by atoms with E-state index in [1.165, 1.54) is 0 Å². The van der Waals surface area contributed by atoms with Crippen LogP contribution in [0.4, 0.5) is 0 Å². The lowest BCUT2D eigenvalue weighted by Crippen LogP contribution is -2.38. The van der Waals surface area contributed by atoms with E-state index < -0.39 is 0 Å². The van der Waals surface area contributed by atoms with Gasteiger partial charge in [0, 0.05) is 25.7 Å². The Balaban J connectivity index is 1.36. The predicted octanol–water partition coefficient (Wildman–Crippen LogP) is 1.35. The van der Waals surface area contributed by atoms with Crippen molar-refractivity contribution in [1.82, 2.24) is 0 Å². The van der Waals surface area contributed by atoms with Gasteiger partial charge in [-0.1, -0.05) is 0 Å². The third-order valence-electron chi connectivity index (χ3n) is 5.87. The minimum absolute atomic E-state index is 0.272. The molecule has 0 amide bonds. The van der Waals surface area contributed by atoms with E-state index in [0.29, 0.717) is 52.4 Å². The molecule has 6 atom stereocenters. The summed E-state index contributed by atoms with van der Waals surface area (Å²) in [6.45, 7) is 2.61. The maximum absolute atomic E-state index is 10.4. The van der Waals surface area contributed by atoms with Gasteiger partial charge in [0.15, 0.2) is 0 Å². The van der Waals surface area contributed by atoms with Crippen molar-refractivity contribution in [3.05, 3.63) is 23.7 Å². The monoisotopic (exact) mass is 448 g/mol. The fraction of sp³-hybridized carbons (Fsp3) is 0.727. The summed E-state index contributed by atoms with van der Waals surface area (Å²) in [5.74, 6) is 1.53. The molecule has 2 fully saturated rings. The van der Waals surface area contributed by atoms with Crippen LogP contribution in [0.25, 0.3) is 0 Å². The lowest BCUT2D eigenvalue weighted by Gasteiger charge is -2.25. The minimum Gasteiger partial charge on any atom is -0.495 e. The van der Waals surface area contributed by atoms with Gasteiger partial charge in [0.25, 0.3) is 0 Å². The number of hydrogen-bond acceptors (Lipinski definition) is 10. The number of isocyanates is 2. The Hall–Kier alpha value is -2.32. The molecule has 0 aromatic carbocycles. The molecule has 0 bridgehead atoms. The van der Waals surface area contributed by atoms with Crippen LogP contribution >= 0.6 is 0 Å². The van der Waals surface area contributed by atoms with Crippen LogP contribution in [0, 0.1) is 0 Å². The Labute approximate surface area is 186 Å². The molecule has 0 aromatic heterocycles. The van der Waals surface area contributed by atoms with Crippen LogP contribution in [-0.4, -0.2) is 88.3 Å². The van der Waals surface area contributed by atoms with Crippen molar-refractivity contribution < 1.29 is 38.0 Å². The van der Waals surface area contributed by atoms with Crippen LogP contribution in [-0.2, 0) is 38.0 Å². The molecule has 0 N–H and O–H groups in total. The third-order valence-corrected chi connectivity index (χ3v) is 5.87. The van der Waals surface area contributed by atoms with Crippen LogP contribution in [0.2, 0.25) is 0 Å². The maximum Gasteiger partial charge on any atom is 0.234 e. The van der Waals surface area contributed by atoms with E-state index in [4.69, 9.17) is 28.4 Å². The number of nitrogens with zero attached hydrogens (tertiary/aromatic N) is 2. The van der Waals surface area contributed by atoms with Crippen molar-refractivity contribution in [1.29, 1.82) is 0 Å². The third kappa shape index (κ3) is 5.53. The molecule has 0 aliphatic carbocycles. The average Bonchev–Trinajstić information content (AvgIpc) is 3.60. The van der Waals surface area contributed by atoms with Crippen LogP contribution in [0.5, 0.6) is 0 Å². The van der Waals surface area contributed by atoms with E-state index in [0.717, 1.165) is 24.4 Å². The fourth-order valence-corrected chi connectivity index (χ4v) is 4.42. The number of carbonyl (C=O) groups excluding carboxylic acids is 2. The molecule has 0 saturated carbocycles. The van der Waals surface area contributed by atoms with Crippen LogP contribution < -0.4 is 0 Å². The molecule has 4 aliphatic heterocycles. The summed E-state index contributed by atoms with van der Waals surface area (Å²) >= 11 is 0. The molecule has 4 aliphatic rings. The Morgan fingerprint density at radius 1 is 0.844 bits per heavy atom. The van der Waals surface area contributed by atoms with Gasteiger partial charge in [-0.2, -0.15) is 0 Å². The molecular formula is C22H28N2O8. The van der Waals surface area contributed by atoms with Gasteiger partial charge in [0.2, 0.25) is 12.2 Å². The summed E-state index contributed by atoms with van der Waals surface area (Å²) in [7, 11) is 0. The summed E-state index contributed by atoms with van der Waals surface area (Å²) in [4.78, 5) is 28.1. The number of fused-ring (bicyclic) bond motifs is 1. The number of aliphatic imine (C=N–C) groups is 2. The van der Waals surface area contributed by atoms with Crippen LogP contribution in [0.1, 0.15) is 25.7 Å². The van der Waals surface area contributed by atoms with Gasteiger partial charge in [-0.25, -0.2) is 19.6 Å². The van der Waals surface area contributed by atoms with Gasteiger partial charge in [-0.3, -0.25) is 0 Å². The topological polar surface area (TPSA) is 114 Å². The molecule has 4 heterocycles. The van der Waals surface area contributed by atoms with Crippen molar-refractivity contribution in [2.45, 2.75) is 62.3 Å². The van der Waals surface area contributed by atoms with Crippen LogP contribution in [0.15, 0.2) is 33.7 Å². The second-order valence-electron chi connectivity index (χ2n) is 7.93. The van der Waals surface area contributed by atoms with Gasteiger partial charge < -0.3 is 28.4 Å². The fourth-order valence-electron chi connectivity index (χ4n) is 4.42.